The molecule has 2 nitrogen and oxygen atoms in total. The fourth-order valence-corrected chi connectivity index (χ4v) is 3.30. The number of halogens is 1. The van der Waals surface area contributed by atoms with Crippen LogP contribution in [0.3, 0.4) is 0 Å². The van der Waals surface area contributed by atoms with Crippen LogP contribution in [0.1, 0.15) is 24.8 Å². The van der Waals surface area contributed by atoms with E-state index in [0.29, 0.717) is 0 Å². The van der Waals surface area contributed by atoms with Gasteiger partial charge >= 0.3 is 0 Å². The molecule has 1 heterocycles. The average Bonchev–Trinajstić information content (AvgIpc) is 2.63. The normalized spacial score (nSPS) is 16.2. The van der Waals surface area contributed by atoms with E-state index in [1.54, 1.807) is 12.1 Å². The molecule has 1 aliphatic heterocycles. The van der Waals surface area contributed by atoms with Crippen molar-refractivity contribution in [3.05, 3.63) is 66.0 Å². The van der Waals surface area contributed by atoms with E-state index in [0.717, 1.165) is 50.8 Å². The standard InChI is InChI=1S/C21H26FNO/c22-20-8-6-18(7-9-20)10-14-23-15-11-19(12-16-23)13-17-24-21-4-2-1-3-5-21/h1-9,19H,10-17H2. The first-order valence-corrected chi connectivity index (χ1v) is 8.94. The number of likely N-dealkylation sites (tertiary alicyclic amines) is 1. The maximum Gasteiger partial charge on any atom is 0.123 e. The quantitative estimate of drug-likeness (QED) is 0.740. The zero-order chi connectivity index (χ0) is 16.6. The molecule has 1 fully saturated rings. The van der Waals surface area contributed by atoms with Crippen LogP contribution in [0.15, 0.2) is 54.6 Å². The molecule has 128 valence electrons. The summed E-state index contributed by atoms with van der Waals surface area (Å²) < 4.78 is 18.7. The van der Waals surface area contributed by atoms with Crippen molar-refractivity contribution in [1.82, 2.24) is 4.90 Å². The smallest absolute Gasteiger partial charge is 0.123 e. The molecule has 0 atom stereocenters. The Morgan fingerprint density at radius 2 is 1.67 bits per heavy atom. The van der Waals surface area contributed by atoms with Crippen LogP contribution in [0, 0.1) is 11.7 Å². The van der Waals surface area contributed by atoms with Gasteiger partial charge in [0, 0.05) is 6.54 Å². The molecule has 0 bridgehead atoms. The Hall–Kier alpha value is -1.87. The van der Waals surface area contributed by atoms with Gasteiger partial charge in [0.15, 0.2) is 0 Å². The van der Waals surface area contributed by atoms with Crippen LogP contribution in [0.25, 0.3) is 0 Å². The van der Waals surface area contributed by atoms with Crippen LogP contribution in [-0.4, -0.2) is 31.1 Å². The molecule has 3 rings (SSSR count). The number of benzene rings is 2. The molecule has 24 heavy (non-hydrogen) atoms. The van der Waals surface area contributed by atoms with Gasteiger partial charge in [-0.1, -0.05) is 30.3 Å². The first-order chi connectivity index (χ1) is 11.8. The average molecular weight is 327 g/mol. The highest BCUT2D eigenvalue weighted by Crippen LogP contribution is 2.21. The first-order valence-electron chi connectivity index (χ1n) is 8.94. The van der Waals surface area contributed by atoms with Gasteiger partial charge in [-0.3, -0.25) is 0 Å². The number of para-hydroxylation sites is 1. The highest BCUT2D eigenvalue weighted by atomic mass is 19.1. The van der Waals surface area contributed by atoms with Crippen LogP contribution in [0.4, 0.5) is 4.39 Å². The molecule has 2 aromatic carbocycles. The topological polar surface area (TPSA) is 12.5 Å². The van der Waals surface area contributed by atoms with Crippen molar-refractivity contribution in [2.75, 3.05) is 26.2 Å². The highest BCUT2D eigenvalue weighted by molar-refractivity contribution is 5.20. The summed E-state index contributed by atoms with van der Waals surface area (Å²) in [6.07, 6.45) is 4.64. The molecule has 2 aromatic rings. The van der Waals surface area contributed by atoms with Crippen molar-refractivity contribution in [3.8, 4) is 5.75 Å². The molecule has 0 N–H and O–H groups in total. The SMILES string of the molecule is Fc1ccc(CCN2CCC(CCOc3ccccc3)CC2)cc1. The van der Waals surface area contributed by atoms with E-state index in [-0.39, 0.29) is 5.82 Å². The summed E-state index contributed by atoms with van der Waals surface area (Å²) in [6, 6.07) is 16.9. The van der Waals surface area contributed by atoms with E-state index in [9.17, 15) is 4.39 Å². The minimum absolute atomic E-state index is 0.155. The van der Waals surface area contributed by atoms with Gasteiger partial charge in [-0.05, 0) is 74.5 Å². The molecule has 3 heteroatoms. The third-order valence-corrected chi connectivity index (χ3v) is 4.88. The lowest BCUT2D eigenvalue weighted by Crippen LogP contribution is -2.35. The van der Waals surface area contributed by atoms with Gasteiger partial charge < -0.3 is 9.64 Å². The molecule has 0 amide bonds. The number of piperidine rings is 1. The summed E-state index contributed by atoms with van der Waals surface area (Å²) in [5.41, 5.74) is 1.22. The van der Waals surface area contributed by atoms with Crippen LogP contribution in [0.2, 0.25) is 0 Å². The summed E-state index contributed by atoms with van der Waals surface area (Å²) >= 11 is 0. The second kappa shape index (κ2) is 8.84. The molecular weight excluding hydrogens is 301 g/mol. The van der Waals surface area contributed by atoms with Crippen molar-refractivity contribution >= 4 is 0 Å². The second-order valence-electron chi connectivity index (χ2n) is 6.61. The van der Waals surface area contributed by atoms with E-state index in [2.05, 4.69) is 4.90 Å². The minimum Gasteiger partial charge on any atom is -0.494 e. The first kappa shape index (κ1) is 17.0. The van der Waals surface area contributed by atoms with E-state index < -0.39 is 0 Å². The van der Waals surface area contributed by atoms with Gasteiger partial charge in [0.1, 0.15) is 11.6 Å². The van der Waals surface area contributed by atoms with Crippen molar-refractivity contribution in [1.29, 1.82) is 0 Å². The summed E-state index contributed by atoms with van der Waals surface area (Å²) in [7, 11) is 0. The fraction of sp³-hybridized carbons (Fsp3) is 0.429. The molecule has 0 aromatic heterocycles. The maximum absolute atomic E-state index is 12.9. The van der Waals surface area contributed by atoms with E-state index in [4.69, 9.17) is 4.74 Å². The summed E-state index contributed by atoms with van der Waals surface area (Å²) in [4.78, 5) is 2.53. The molecule has 0 aliphatic carbocycles. The predicted molar refractivity (Wildman–Crippen MR) is 95.8 cm³/mol. The van der Waals surface area contributed by atoms with Crippen LogP contribution in [-0.2, 0) is 6.42 Å². The molecule has 1 saturated heterocycles. The second-order valence-corrected chi connectivity index (χ2v) is 6.61. The Bertz CT molecular complexity index is 591. The lowest BCUT2D eigenvalue weighted by molar-refractivity contribution is 0.164. The van der Waals surface area contributed by atoms with E-state index in [1.165, 1.54) is 18.4 Å². The maximum atomic E-state index is 12.9. The molecular formula is C21H26FNO. The van der Waals surface area contributed by atoms with Gasteiger partial charge in [0.2, 0.25) is 0 Å². The minimum atomic E-state index is -0.155. The van der Waals surface area contributed by atoms with Gasteiger partial charge in [-0.25, -0.2) is 4.39 Å². The van der Waals surface area contributed by atoms with Gasteiger partial charge in [-0.2, -0.15) is 0 Å². The predicted octanol–water partition coefficient (Wildman–Crippen LogP) is 4.55. The Labute approximate surface area is 144 Å². The van der Waals surface area contributed by atoms with Crippen LogP contribution < -0.4 is 4.74 Å². The van der Waals surface area contributed by atoms with E-state index >= 15 is 0 Å². The molecule has 1 aliphatic rings. The monoisotopic (exact) mass is 327 g/mol. The van der Waals surface area contributed by atoms with Crippen molar-refractivity contribution < 1.29 is 9.13 Å². The fourth-order valence-electron chi connectivity index (χ4n) is 3.30. The summed E-state index contributed by atoms with van der Waals surface area (Å²) in [5, 5.41) is 0. The molecule has 0 spiro atoms. The zero-order valence-electron chi connectivity index (χ0n) is 14.2. The van der Waals surface area contributed by atoms with Crippen molar-refractivity contribution in [2.24, 2.45) is 5.92 Å². The number of hydrogen-bond acceptors (Lipinski definition) is 2. The van der Waals surface area contributed by atoms with Crippen molar-refractivity contribution in [3.63, 3.8) is 0 Å². The Morgan fingerprint density at radius 1 is 0.958 bits per heavy atom. The Kier molecular flexibility index (Phi) is 6.25. The van der Waals surface area contributed by atoms with Crippen LogP contribution >= 0.6 is 0 Å². The highest BCUT2D eigenvalue weighted by Gasteiger charge is 2.18. The lowest BCUT2D eigenvalue weighted by Gasteiger charge is -2.32. The molecule has 0 radical (unpaired) electrons. The van der Waals surface area contributed by atoms with E-state index in [1.807, 2.05) is 42.5 Å². The lowest BCUT2D eigenvalue weighted by atomic mass is 9.93. The van der Waals surface area contributed by atoms with Gasteiger partial charge in [0.05, 0.1) is 6.61 Å². The Balaban J connectivity index is 1.31. The largest absolute Gasteiger partial charge is 0.494 e. The number of rotatable bonds is 7. The van der Waals surface area contributed by atoms with Gasteiger partial charge in [0.25, 0.3) is 0 Å². The van der Waals surface area contributed by atoms with Crippen molar-refractivity contribution in [2.45, 2.75) is 25.7 Å². The third-order valence-electron chi connectivity index (χ3n) is 4.88. The number of hydrogen-bond donors (Lipinski definition) is 0. The molecule has 0 saturated carbocycles. The summed E-state index contributed by atoms with van der Waals surface area (Å²) in [6.45, 7) is 4.21. The zero-order valence-corrected chi connectivity index (χ0v) is 14.2. The summed E-state index contributed by atoms with van der Waals surface area (Å²) in [5.74, 6) is 1.59. The number of ether oxygens (including phenoxy) is 1. The number of nitrogens with zero attached hydrogens (tertiary/aromatic N) is 1. The third kappa shape index (κ3) is 5.34. The Morgan fingerprint density at radius 3 is 2.38 bits per heavy atom. The van der Waals surface area contributed by atoms with Gasteiger partial charge in [-0.15, -0.1) is 0 Å². The van der Waals surface area contributed by atoms with Crippen LogP contribution in [0.5, 0.6) is 5.75 Å². The molecule has 0 unspecified atom stereocenters.